The second-order valence-electron chi connectivity index (χ2n) is 11.2. The van der Waals surface area contributed by atoms with Crippen LogP contribution in [0, 0.1) is 0 Å². The van der Waals surface area contributed by atoms with Gasteiger partial charge in [0.15, 0.2) is 0 Å². The maximum Gasteiger partial charge on any atom is 0.416 e. The second kappa shape index (κ2) is 10.3. The fourth-order valence-corrected chi connectivity index (χ4v) is 8.79. The molecular weight excluding hydrogens is 516 g/mol. The third-order valence-corrected chi connectivity index (χ3v) is 12.9. The molecule has 36 heavy (non-hydrogen) atoms. The largest absolute Gasteiger partial charge is 0.416 e. The molecule has 0 spiro atoms. The van der Waals surface area contributed by atoms with Crippen LogP contribution in [0.5, 0.6) is 0 Å². The normalized spacial score (nSPS) is 20.8. The van der Waals surface area contributed by atoms with Crippen molar-refractivity contribution < 1.29 is 26.3 Å². The number of anilines is 2. The van der Waals surface area contributed by atoms with Gasteiger partial charge in [0.25, 0.3) is 0 Å². The molecule has 2 aromatic carbocycles. The number of nitrogens with zero attached hydrogens (tertiary/aromatic N) is 2. The lowest BCUT2D eigenvalue weighted by molar-refractivity contribution is -0.138. The van der Waals surface area contributed by atoms with Crippen LogP contribution in [-0.2, 0) is 12.4 Å². The Morgan fingerprint density at radius 2 is 0.750 bits per heavy atom. The lowest BCUT2D eigenvalue weighted by atomic mass is 10.2. The minimum atomic E-state index is -4.38. The highest BCUT2D eigenvalue weighted by Gasteiger charge is 2.37. The molecule has 0 atom stereocenters. The van der Waals surface area contributed by atoms with Crippen molar-refractivity contribution in [2.24, 2.45) is 0 Å². The molecule has 0 saturated carbocycles. The summed E-state index contributed by atoms with van der Waals surface area (Å²) in [5.41, 5.74) is 0.227. The molecule has 0 bridgehead atoms. The summed E-state index contributed by atoms with van der Waals surface area (Å²) in [6, 6.07) is 10.8. The van der Waals surface area contributed by atoms with Gasteiger partial charge in [0.1, 0.15) is 0 Å². The van der Waals surface area contributed by atoms with Crippen LogP contribution in [0.15, 0.2) is 48.5 Å². The maximum absolute atomic E-state index is 13.1. The van der Waals surface area contributed by atoms with E-state index in [1.165, 1.54) is 0 Å². The first kappa shape index (κ1) is 29.0. The molecule has 1 fully saturated rings. The molecular formula is C26H34F6N2P2. The summed E-state index contributed by atoms with van der Waals surface area (Å²) in [6.45, 7) is 12.9. The number of benzene rings is 2. The lowest BCUT2D eigenvalue weighted by Crippen LogP contribution is -2.40. The van der Waals surface area contributed by atoms with E-state index in [0.29, 0.717) is 25.1 Å². The average molecular weight is 551 g/mol. The van der Waals surface area contributed by atoms with E-state index in [-0.39, 0.29) is 10.3 Å². The summed E-state index contributed by atoms with van der Waals surface area (Å²) in [7, 11) is -1.36. The Kier molecular flexibility index (Phi) is 8.33. The Morgan fingerprint density at radius 1 is 0.500 bits per heavy atom. The van der Waals surface area contributed by atoms with Crippen LogP contribution in [0.1, 0.15) is 52.7 Å². The molecule has 2 nitrogen and oxygen atoms in total. The van der Waals surface area contributed by atoms with Gasteiger partial charge < -0.3 is 9.80 Å². The Labute approximate surface area is 212 Å². The Hall–Kier alpha value is -1.52. The summed E-state index contributed by atoms with van der Waals surface area (Å²) in [5, 5.41) is -0.128. The number of hydrogen-bond donors (Lipinski definition) is 0. The number of rotatable bonds is 2. The van der Waals surface area contributed by atoms with E-state index < -0.39 is 39.3 Å². The third kappa shape index (κ3) is 7.28. The predicted octanol–water partition coefficient (Wildman–Crippen LogP) is 9.44. The van der Waals surface area contributed by atoms with Crippen LogP contribution < -0.4 is 9.80 Å². The second-order valence-corrected chi connectivity index (χ2v) is 17.1. The zero-order chi connectivity index (χ0) is 27.1. The van der Waals surface area contributed by atoms with Crippen molar-refractivity contribution in [1.29, 1.82) is 0 Å². The molecule has 1 aliphatic rings. The predicted molar refractivity (Wildman–Crippen MR) is 141 cm³/mol. The van der Waals surface area contributed by atoms with Gasteiger partial charge in [-0.3, -0.25) is 0 Å². The maximum atomic E-state index is 13.1. The third-order valence-electron chi connectivity index (χ3n) is 6.38. The zero-order valence-electron chi connectivity index (χ0n) is 21.5. The quantitative estimate of drug-likeness (QED) is 0.272. The molecule has 0 aliphatic carbocycles. The molecule has 200 valence electrons. The molecule has 0 radical (unpaired) electrons. The Morgan fingerprint density at radius 3 is 0.944 bits per heavy atom. The number of alkyl halides is 6. The van der Waals surface area contributed by atoms with Crippen molar-refractivity contribution in [3.63, 3.8) is 0 Å². The van der Waals surface area contributed by atoms with Gasteiger partial charge in [-0.1, -0.05) is 57.4 Å². The molecule has 1 aliphatic heterocycles. The van der Waals surface area contributed by atoms with Crippen molar-refractivity contribution in [3.05, 3.63) is 59.7 Å². The highest BCUT2D eigenvalue weighted by molar-refractivity contribution is 7.61. The summed E-state index contributed by atoms with van der Waals surface area (Å²) in [4.78, 5) is 4.47. The smallest absolute Gasteiger partial charge is 0.363 e. The summed E-state index contributed by atoms with van der Waals surface area (Å²) < 4.78 is 78.8. The van der Waals surface area contributed by atoms with E-state index in [2.05, 4.69) is 51.3 Å². The van der Waals surface area contributed by atoms with E-state index in [1.807, 2.05) is 0 Å². The van der Waals surface area contributed by atoms with Gasteiger partial charge in [-0.25, -0.2) is 0 Å². The number of hydrogen-bond acceptors (Lipinski definition) is 2. The van der Waals surface area contributed by atoms with E-state index in [9.17, 15) is 26.3 Å². The molecule has 0 unspecified atom stereocenters. The molecule has 2 aromatic rings. The van der Waals surface area contributed by atoms with Crippen molar-refractivity contribution in [3.8, 4) is 0 Å². The molecule has 1 heterocycles. The average Bonchev–Trinajstić information content (AvgIpc) is 2.71. The first-order valence-corrected chi connectivity index (χ1v) is 15.1. The molecule has 0 aromatic heterocycles. The van der Waals surface area contributed by atoms with Gasteiger partial charge in [-0.2, -0.15) is 26.3 Å². The van der Waals surface area contributed by atoms with Gasteiger partial charge in [0.2, 0.25) is 0 Å². The van der Waals surface area contributed by atoms with Crippen LogP contribution in [0.2, 0.25) is 0 Å². The van der Waals surface area contributed by atoms with Gasteiger partial charge in [-0.15, -0.1) is 0 Å². The standard InChI is InChI=1S/C26H34F6N2P2/c1-23(2,3)35-15-33(21-11-7-19(8-12-21)25(27,28)29)17-36(24(4,5)6)18-34(16-35)22-13-9-20(10-14-22)26(30,31)32/h7-14H,15-18H2,1-6H3. The van der Waals surface area contributed by atoms with Gasteiger partial charge in [-0.05, 0) is 58.8 Å². The van der Waals surface area contributed by atoms with Crippen LogP contribution in [0.4, 0.5) is 37.7 Å². The molecule has 0 N–H and O–H groups in total. The van der Waals surface area contributed by atoms with Crippen molar-refractivity contribution in [2.45, 2.75) is 64.2 Å². The lowest BCUT2D eigenvalue weighted by Gasteiger charge is -2.48. The van der Waals surface area contributed by atoms with E-state index >= 15 is 0 Å². The first-order valence-electron chi connectivity index (χ1n) is 11.7. The minimum Gasteiger partial charge on any atom is -0.363 e. The summed E-state index contributed by atoms with van der Waals surface area (Å²) in [6.07, 6.45) is -5.95. The first-order chi connectivity index (χ1) is 16.4. The van der Waals surface area contributed by atoms with E-state index in [4.69, 9.17) is 0 Å². The molecule has 1 saturated heterocycles. The Bertz CT molecular complexity index is 910. The van der Waals surface area contributed by atoms with E-state index in [1.54, 1.807) is 24.3 Å². The fourth-order valence-electron chi connectivity index (χ4n) is 3.90. The van der Waals surface area contributed by atoms with Gasteiger partial charge >= 0.3 is 12.4 Å². The molecule has 0 amide bonds. The van der Waals surface area contributed by atoms with Crippen molar-refractivity contribution in [1.82, 2.24) is 0 Å². The Balaban J connectivity index is 1.98. The summed E-state index contributed by atoms with van der Waals surface area (Å²) in [5.74, 6) is 0. The number of halogens is 6. The van der Waals surface area contributed by atoms with E-state index in [0.717, 1.165) is 35.6 Å². The van der Waals surface area contributed by atoms with Crippen molar-refractivity contribution in [2.75, 3.05) is 34.9 Å². The highest BCUT2D eigenvalue weighted by Crippen LogP contribution is 2.58. The highest BCUT2D eigenvalue weighted by atomic mass is 31.1. The topological polar surface area (TPSA) is 6.48 Å². The molecule has 3 rings (SSSR count). The van der Waals surface area contributed by atoms with Crippen molar-refractivity contribution >= 4 is 27.2 Å². The minimum absolute atomic E-state index is 0.0640. The fraction of sp³-hybridized carbons (Fsp3) is 0.538. The van der Waals surface area contributed by atoms with Gasteiger partial charge in [0, 0.05) is 36.5 Å². The SMILES string of the molecule is CC(C)(C)P1CN(c2ccc(C(F)(F)F)cc2)CP(C(C)(C)C)CN(c2ccc(C(F)(F)F)cc2)C1. The monoisotopic (exact) mass is 550 g/mol. The zero-order valence-corrected chi connectivity index (χ0v) is 23.3. The van der Waals surface area contributed by atoms with Crippen LogP contribution in [0.3, 0.4) is 0 Å². The van der Waals surface area contributed by atoms with Crippen LogP contribution in [0.25, 0.3) is 0 Å². The molecule has 10 heteroatoms. The van der Waals surface area contributed by atoms with Crippen LogP contribution in [-0.4, -0.2) is 35.5 Å². The van der Waals surface area contributed by atoms with Gasteiger partial charge in [0.05, 0.1) is 11.1 Å². The van der Waals surface area contributed by atoms with Crippen LogP contribution >= 0.6 is 15.8 Å². The summed E-state index contributed by atoms with van der Waals surface area (Å²) >= 11 is 0.